The zero-order valence-corrected chi connectivity index (χ0v) is 11.6. The van der Waals surface area contributed by atoms with Gasteiger partial charge in [0.15, 0.2) is 5.89 Å². The second kappa shape index (κ2) is 7.12. The summed E-state index contributed by atoms with van der Waals surface area (Å²) in [5.74, 6) is 0.747. The minimum atomic E-state index is 0.0945. The molecule has 0 atom stereocenters. The molecule has 1 aromatic heterocycles. The normalized spacial score (nSPS) is 15.1. The van der Waals surface area contributed by atoms with Crippen molar-refractivity contribution >= 4 is 5.91 Å². The lowest BCUT2D eigenvalue weighted by Gasteiger charge is -2.12. The molecule has 0 saturated carbocycles. The maximum Gasteiger partial charge on any atom is 0.220 e. The number of carbonyl (C=O) groups excluding carboxylic acids is 1. The molecule has 1 N–H and O–H groups in total. The Balaban J connectivity index is 1.60. The van der Waals surface area contributed by atoms with E-state index < -0.39 is 0 Å². The highest BCUT2D eigenvalue weighted by atomic mass is 16.3. The van der Waals surface area contributed by atoms with Gasteiger partial charge in [-0.25, -0.2) is 4.98 Å². The quantitative estimate of drug-likeness (QED) is 0.802. The zero-order chi connectivity index (χ0) is 13.5. The van der Waals surface area contributed by atoms with Crippen LogP contribution in [0.3, 0.4) is 0 Å². The van der Waals surface area contributed by atoms with Crippen molar-refractivity contribution in [3.05, 3.63) is 29.5 Å². The largest absolute Gasteiger partial charge is 0.449 e. The summed E-state index contributed by atoms with van der Waals surface area (Å²) in [4.78, 5) is 15.9. The van der Waals surface area contributed by atoms with E-state index in [0.29, 0.717) is 18.7 Å². The van der Waals surface area contributed by atoms with Crippen LogP contribution >= 0.6 is 0 Å². The summed E-state index contributed by atoms with van der Waals surface area (Å²) in [6, 6.07) is 0. The molecule has 2 rings (SSSR count). The number of nitrogens with zero attached hydrogens (tertiary/aromatic N) is 1. The van der Waals surface area contributed by atoms with Crippen molar-refractivity contribution in [3.63, 3.8) is 0 Å². The Hall–Kier alpha value is -1.58. The van der Waals surface area contributed by atoms with E-state index in [2.05, 4.69) is 16.4 Å². The molecule has 1 aromatic rings. The summed E-state index contributed by atoms with van der Waals surface area (Å²) < 4.78 is 5.11. The molecule has 0 aromatic carbocycles. The van der Waals surface area contributed by atoms with Crippen LogP contribution in [0.1, 0.15) is 50.1 Å². The molecule has 104 valence electrons. The number of oxazole rings is 1. The number of rotatable bonds is 6. The number of aryl methyl sites for hydroxylation is 2. The minimum Gasteiger partial charge on any atom is -0.449 e. The summed E-state index contributed by atoms with van der Waals surface area (Å²) in [7, 11) is 0. The van der Waals surface area contributed by atoms with Gasteiger partial charge >= 0.3 is 0 Å². The summed E-state index contributed by atoms with van der Waals surface area (Å²) in [5.41, 5.74) is 2.35. The van der Waals surface area contributed by atoms with Crippen molar-refractivity contribution in [1.82, 2.24) is 10.3 Å². The second-order valence-corrected chi connectivity index (χ2v) is 5.07. The third kappa shape index (κ3) is 4.89. The predicted molar refractivity (Wildman–Crippen MR) is 73.7 cm³/mol. The Morgan fingerprint density at radius 1 is 1.42 bits per heavy atom. The number of amides is 1. The van der Waals surface area contributed by atoms with Gasteiger partial charge in [-0.3, -0.25) is 4.79 Å². The molecule has 1 aliphatic carbocycles. The van der Waals surface area contributed by atoms with E-state index in [1.807, 2.05) is 6.92 Å². The van der Waals surface area contributed by atoms with Gasteiger partial charge in [0.25, 0.3) is 0 Å². The maximum atomic E-state index is 11.7. The minimum absolute atomic E-state index is 0.0945. The zero-order valence-electron chi connectivity index (χ0n) is 11.6. The molecule has 1 amide bonds. The third-order valence-corrected chi connectivity index (χ3v) is 3.43. The van der Waals surface area contributed by atoms with Gasteiger partial charge in [-0.05, 0) is 32.1 Å². The highest BCUT2D eigenvalue weighted by Gasteiger charge is 2.07. The van der Waals surface area contributed by atoms with Crippen LogP contribution in [0.2, 0.25) is 0 Å². The van der Waals surface area contributed by atoms with Gasteiger partial charge in [0, 0.05) is 26.3 Å². The number of nitrogens with one attached hydrogen (secondary N) is 1. The van der Waals surface area contributed by atoms with E-state index in [-0.39, 0.29) is 5.91 Å². The van der Waals surface area contributed by atoms with E-state index in [0.717, 1.165) is 18.7 Å². The molecular weight excluding hydrogens is 240 g/mol. The SMILES string of the molecule is Cc1nc(CCC(=O)NCCC2=CCCCC2)co1. The van der Waals surface area contributed by atoms with E-state index >= 15 is 0 Å². The van der Waals surface area contributed by atoms with E-state index in [1.165, 1.54) is 31.3 Å². The highest BCUT2D eigenvalue weighted by molar-refractivity contribution is 5.76. The number of hydrogen-bond donors (Lipinski definition) is 1. The van der Waals surface area contributed by atoms with Crippen molar-refractivity contribution in [2.75, 3.05) is 6.54 Å². The number of carbonyl (C=O) groups is 1. The molecule has 0 aliphatic heterocycles. The van der Waals surface area contributed by atoms with Gasteiger partial charge in [0.05, 0.1) is 5.69 Å². The van der Waals surface area contributed by atoms with Crippen LogP contribution in [-0.2, 0) is 11.2 Å². The Morgan fingerprint density at radius 3 is 3.00 bits per heavy atom. The van der Waals surface area contributed by atoms with Crippen LogP contribution in [0.15, 0.2) is 22.3 Å². The second-order valence-electron chi connectivity index (χ2n) is 5.07. The van der Waals surface area contributed by atoms with Crippen LogP contribution in [0.4, 0.5) is 0 Å². The lowest BCUT2D eigenvalue weighted by atomic mass is 9.97. The van der Waals surface area contributed by atoms with Crippen molar-refractivity contribution < 1.29 is 9.21 Å². The highest BCUT2D eigenvalue weighted by Crippen LogP contribution is 2.19. The Morgan fingerprint density at radius 2 is 2.32 bits per heavy atom. The summed E-state index contributed by atoms with van der Waals surface area (Å²) in [6.07, 6.45) is 11.1. The molecule has 0 unspecified atom stereocenters. The number of aromatic nitrogens is 1. The number of hydrogen-bond acceptors (Lipinski definition) is 3. The molecule has 4 nitrogen and oxygen atoms in total. The lowest BCUT2D eigenvalue weighted by Crippen LogP contribution is -2.25. The number of allylic oxidation sites excluding steroid dienone is 1. The van der Waals surface area contributed by atoms with Crippen LogP contribution in [0.5, 0.6) is 0 Å². The fourth-order valence-electron chi connectivity index (χ4n) is 2.35. The first kappa shape index (κ1) is 13.8. The van der Waals surface area contributed by atoms with Crippen molar-refractivity contribution in [2.24, 2.45) is 0 Å². The Bertz CT molecular complexity index is 449. The van der Waals surface area contributed by atoms with Gasteiger partial charge in [-0.2, -0.15) is 0 Å². The summed E-state index contributed by atoms with van der Waals surface area (Å²) in [6.45, 7) is 2.56. The summed E-state index contributed by atoms with van der Waals surface area (Å²) >= 11 is 0. The fraction of sp³-hybridized carbons (Fsp3) is 0.600. The smallest absolute Gasteiger partial charge is 0.220 e. The Kier molecular flexibility index (Phi) is 5.19. The molecular formula is C15H22N2O2. The van der Waals surface area contributed by atoms with Crippen LogP contribution < -0.4 is 5.32 Å². The molecule has 1 heterocycles. The molecule has 19 heavy (non-hydrogen) atoms. The van der Waals surface area contributed by atoms with Crippen molar-refractivity contribution in [1.29, 1.82) is 0 Å². The average Bonchev–Trinajstić information content (AvgIpc) is 2.83. The van der Waals surface area contributed by atoms with E-state index in [4.69, 9.17) is 4.42 Å². The molecule has 0 fully saturated rings. The van der Waals surface area contributed by atoms with Gasteiger partial charge < -0.3 is 9.73 Å². The lowest BCUT2D eigenvalue weighted by molar-refractivity contribution is -0.121. The predicted octanol–water partition coefficient (Wildman–Crippen LogP) is 2.92. The van der Waals surface area contributed by atoms with Gasteiger partial charge in [0.2, 0.25) is 5.91 Å². The van der Waals surface area contributed by atoms with Gasteiger partial charge in [0.1, 0.15) is 6.26 Å². The van der Waals surface area contributed by atoms with Crippen LogP contribution in [0, 0.1) is 6.92 Å². The molecule has 0 saturated heterocycles. The molecule has 4 heteroatoms. The topological polar surface area (TPSA) is 55.1 Å². The molecule has 0 bridgehead atoms. The Labute approximate surface area is 114 Å². The molecule has 0 radical (unpaired) electrons. The first-order valence-corrected chi connectivity index (χ1v) is 7.09. The van der Waals surface area contributed by atoms with Crippen LogP contribution in [0.25, 0.3) is 0 Å². The fourth-order valence-corrected chi connectivity index (χ4v) is 2.35. The van der Waals surface area contributed by atoms with Crippen molar-refractivity contribution in [2.45, 2.75) is 51.9 Å². The maximum absolute atomic E-state index is 11.7. The summed E-state index contributed by atoms with van der Waals surface area (Å²) in [5, 5.41) is 2.97. The van der Waals surface area contributed by atoms with E-state index in [1.54, 1.807) is 6.26 Å². The van der Waals surface area contributed by atoms with Gasteiger partial charge in [-0.1, -0.05) is 11.6 Å². The standard InChI is InChI=1S/C15H22N2O2/c1-12-17-14(11-19-12)7-8-15(18)16-10-9-13-5-3-2-4-6-13/h5,11H,2-4,6-10H2,1H3,(H,16,18). The molecule has 0 spiro atoms. The first-order valence-electron chi connectivity index (χ1n) is 7.09. The first-order chi connectivity index (χ1) is 9.24. The third-order valence-electron chi connectivity index (χ3n) is 3.43. The van der Waals surface area contributed by atoms with Gasteiger partial charge in [-0.15, -0.1) is 0 Å². The molecule has 1 aliphatic rings. The van der Waals surface area contributed by atoms with Crippen LogP contribution in [-0.4, -0.2) is 17.4 Å². The monoisotopic (exact) mass is 262 g/mol. The van der Waals surface area contributed by atoms with Crippen molar-refractivity contribution in [3.8, 4) is 0 Å². The average molecular weight is 262 g/mol. The van der Waals surface area contributed by atoms with E-state index in [9.17, 15) is 4.79 Å².